The number of fused-ring (bicyclic) bond motifs is 1. The van der Waals surface area contributed by atoms with Gasteiger partial charge in [-0.3, -0.25) is 0 Å². The van der Waals surface area contributed by atoms with Crippen molar-refractivity contribution in [2.75, 3.05) is 0 Å². The SMILES string of the molecule is CC.Cc1cn(CC2(C3CC3)CC2)c2c(C)cccc12. The Hall–Kier alpha value is -1.24. The first-order valence-electron chi connectivity index (χ1n) is 8.25. The summed E-state index contributed by atoms with van der Waals surface area (Å²) < 4.78 is 2.55. The molecule has 1 heterocycles. The maximum atomic E-state index is 2.55. The molecule has 4 rings (SSSR count). The number of rotatable bonds is 3. The van der Waals surface area contributed by atoms with Crippen molar-refractivity contribution in [3.63, 3.8) is 0 Å². The molecule has 0 N–H and O–H groups in total. The Labute approximate surface area is 123 Å². The fraction of sp³-hybridized carbons (Fsp3) is 0.579. The third-order valence-electron chi connectivity index (χ3n) is 5.12. The third-order valence-corrected chi connectivity index (χ3v) is 5.12. The normalized spacial score (nSPS) is 19.6. The van der Waals surface area contributed by atoms with Crippen molar-refractivity contribution in [3.05, 3.63) is 35.5 Å². The molecule has 2 aliphatic carbocycles. The molecule has 0 atom stereocenters. The molecular formula is C19H27N. The van der Waals surface area contributed by atoms with Crippen molar-refractivity contribution in [2.45, 2.75) is 59.9 Å². The van der Waals surface area contributed by atoms with E-state index in [9.17, 15) is 0 Å². The molecule has 2 fully saturated rings. The van der Waals surface area contributed by atoms with Gasteiger partial charge in [0.15, 0.2) is 0 Å². The van der Waals surface area contributed by atoms with Gasteiger partial charge in [0.2, 0.25) is 0 Å². The molecule has 20 heavy (non-hydrogen) atoms. The molecule has 1 heteroatoms. The van der Waals surface area contributed by atoms with Gasteiger partial charge in [-0.25, -0.2) is 0 Å². The molecule has 2 saturated carbocycles. The Morgan fingerprint density at radius 2 is 1.80 bits per heavy atom. The minimum Gasteiger partial charge on any atom is -0.346 e. The van der Waals surface area contributed by atoms with Crippen molar-refractivity contribution < 1.29 is 0 Å². The average molecular weight is 269 g/mol. The maximum Gasteiger partial charge on any atom is 0.0512 e. The Kier molecular flexibility index (Phi) is 3.40. The van der Waals surface area contributed by atoms with Crippen LogP contribution < -0.4 is 0 Å². The molecule has 1 aromatic heterocycles. The van der Waals surface area contributed by atoms with Gasteiger partial charge >= 0.3 is 0 Å². The van der Waals surface area contributed by atoms with Crippen LogP contribution in [0, 0.1) is 25.2 Å². The Balaban J connectivity index is 0.000000581. The molecule has 1 aromatic carbocycles. The highest BCUT2D eigenvalue weighted by Crippen LogP contribution is 2.62. The van der Waals surface area contributed by atoms with E-state index in [0.29, 0.717) is 5.41 Å². The topological polar surface area (TPSA) is 4.93 Å². The molecule has 0 radical (unpaired) electrons. The molecule has 0 amide bonds. The van der Waals surface area contributed by atoms with E-state index in [4.69, 9.17) is 0 Å². The standard InChI is InChI=1S/C17H21N.C2H6/c1-12-4-3-5-15-13(2)10-18(16(12)15)11-17(8-9-17)14-6-7-14;1-2/h3-5,10,14H,6-9,11H2,1-2H3;1-2H3. The summed E-state index contributed by atoms with van der Waals surface area (Å²) in [5.74, 6) is 1.04. The van der Waals surface area contributed by atoms with Crippen LogP contribution in [0.2, 0.25) is 0 Å². The molecule has 108 valence electrons. The molecule has 0 saturated heterocycles. The van der Waals surface area contributed by atoms with Gasteiger partial charge in [0.25, 0.3) is 0 Å². The summed E-state index contributed by atoms with van der Waals surface area (Å²) in [5.41, 5.74) is 5.01. The van der Waals surface area contributed by atoms with Gasteiger partial charge in [-0.1, -0.05) is 32.0 Å². The van der Waals surface area contributed by atoms with Crippen LogP contribution in [-0.2, 0) is 6.54 Å². The Bertz CT molecular complexity index is 612. The molecule has 0 bridgehead atoms. The van der Waals surface area contributed by atoms with Gasteiger partial charge in [-0.2, -0.15) is 0 Å². The summed E-state index contributed by atoms with van der Waals surface area (Å²) in [7, 11) is 0. The van der Waals surface area contributed by atoms with Crippen molar-refractivity contribution >= 4 is 10.9 Å². The predicted octanol–water partition coefficient (Wildman–Crippen LogP) is 5.47. The molecule has 1 nitrogen and oxygen atoms in total. The zero-order chi connectivity index (χ0) is 14.3. The van der Waals surface area contributed by atoms with Crippen molar-refractivity contribution in [2.24, 2.45) is 11.3 Å². The van der Waals surface area contributed by atoms with Crippen molar-refractivity contribution in [1.82, 2.24) is 4.57 Å². The van der Waals surface area contributed by atoms with E-state index >= 15 is 0 Å². The highest BCUT2D eigenvalue weighted by atomic mass is 15.0. The van der Waals surface area contributed by atoms with E-state index in [1.807, 2.05) is 13.8 Å². The van der Waals surface area contributed by atoms with E-state index in [1.54, 1.807) is 0 Å². The molecule has 0 spiro atoms. The Morgan fingerprint density at radius 1 is 1.10 bits per heavy atom. The van der Waals surface area contributed by atoms with Crippen LogP contribution in [0.4, 0.5) is 0 Å². The number of hydrogen-bond donors (Lipinski definition) is 0. The largest absolute Gasteiger partial charge is 0.346 e. The zero-order valence-corrected chi connectivity index (χ0v) is 13.4. The number of benzene rings is 1. The van der Waals surface area contributed by atoms with Crippen LogP contribution in [0.3, 0.4) is 0 Å². The lowest BCUT2D eigenvalue weighted by Crippen LogP contribution is -2.13. The summed E-state index contributed by atoms with van der Waals surface area (Å²) in [6.07, 6.45) is 8.26. The average Bonchev–Trinajstić information content (AvgIpc) is 3.34. The van der Waals surface area contributed by atoms with Crippen molar-refractivity contribution in [1.29, 1.82) is 0 Å². The first-order chi connectivity index (χ1) is 9.70. The second-order valence-corrected chi connectivity index (χ2v) is 6.55. The van der Waals surface area contributed by atoms with Gasteiger partial charge in [-0.05, 0) is 62.0 Å². The summed E-state index contributed by atoms with van der Waals surface area (Å²) in [4.78, 5) is 0. The van der Waals surface area contributed by atoms with E-state index in [-0.39, 0.29) is 0 Å². The predicted molar refractivity (Wildman–Crippen MR) is 87.2 cm³/mol. The minimum atomic E-state index is 0.681. The number of aryl methyl sites for hydroxylation is 2. The smallest absolute Gasteiger partial charge is 0.0512 e. The zero-order valence-electron chi connectivity index (χ0n) is 13.4. The van der Waals surface area contributed by atoms with E-state index in [2.05, 4.69) is 42.8 Å². The molecule has 2 aromatic rings. The lowest BCUT2D eigenvalue weighted by atomic mass is 10.0. The van der Waals surface area contributed by atoms with E-state index < -0.39 is 0 Å². The molecule has 0 unspecified atom stereocenters. The van der Waals surface area contributed by atoms with Crippen LogP contribution in [0.1, 0.15) is 50.7 Å². The molecule has 0 aliphatic heterocycles. The fourth-order valence-corrected chi connectivity index (χ4v) is 3.74. The maximum absolute atomic E-state index is 2.55. The number of aromatic nitrogens is 1. The van der Waals surface area contributed by atoms with Crippen LogP contribution in [0.5, 0.6) is 0 Å². The molecule has 2 aliphatic rings. The highest BCUT2D eigenvalue weighted by Gasteiger charge is 2.53. The van der Waals surface area contributed by atoms with Crippen molar-refractivity contribution in [3.8, 4) is 0 Å². The lowest BCUT2D eigenvalue weighted by molar-refractivity contribution is 0.375. The fourth-order valence-electron chi connectivity index (χ4n) is 3.74. The van der Waals surface area contributed by atoms with Gasteiger partial charge in [0, 0.05) is 18.1 Å². The summed E-state index contributed by atoms with van der Waals surface area (Å²) in [6, 6.07) is 6.70. The monoisotopic (exact) mass is 269 g/mol. The lowest BCUT2D eigenvalue weighted by Gasteiger charge is -2.16. The first-order valence-corrected chi connectivity index (χ1v) is 8.25. The van der Waals surface area contributed by atoms with Crippen LogP contribution in [0.25, 0.3) is 10.9 Å². The first kappa shape index (κ1) is 13.7. The van der Waals surface area contributed by atoms with Gasteiger partial charge in [0.1, 0.15) is 0 Å². The minimum absolute atomic E-state index is 0.681. The highest BCUT2D eigenvalue weighted by molar-refractivity contribution is 5.86. The molecular weight excluding hydrogens is 242 g/mol. The summed E-state index contributed by atoms with van der Waals surface area (Å²) >= 11 is 0. The summed E-state index contributed by atoms with van der Waals surface area (Å²) in [6.45, 7) is 9.75. The number of nitrogens with zero attached hydrogens (tertiary/aromatic N) is 1. The van der Waals surface area contributed by atoms with Crippen LogP contribution in [0.15, 0.2) is 24.4 Å². The quantitative estimate of drug-likeness (QED) is 0.696. The van der Waals surface area contributed by atoms with Gasteiger partial charge < -0.3 is 4.57 Å². The Morgan fingerprint density at radius 3 is 2.40 bits per heavy atom. The van der Waals surface area contributed by atoms with Crippen LogP contribution in [-0.4, -0.2) is 4.57 Å². The van der Waals surface area contributed by atoms with Gasteiger partial charge in [0.05, 0.1) is 5.52 Å². The number of hydrogen-bond acceptors (Lipinski definition) is 0. The second-order valence-electron chi connectivity index (χ2n) is 6.55. The van der Waals surface area contributed by atoms with E-state index in [0.717, 1.165) is 5.92 Å². The van der Waals surface area contributed by atoms with Crippen LogP contribution >= 0.6 is 0 Å². The van der Waals surface area contributed by atoms with E-state index in [1.165, 1.54) is 54.3 Å². The number of para-hydroxylation sites is 1. The van der Waals surface area contributed by atoms with Gasteiger partial charge in [-0.15, -0.1) is 0 Å². The third kappa shape index (κ3) is 2.17. The second kappa shape index (κ2) is 4.95. The summed E-state index contributed by atoms with van der Waals surface area (Å²) in [5, 5.41) is 1.45.